The molecule has 1 heterocycles. The summed E-state index contributed by atoms with van der Waals surface area (Å²) in [4.78, 5) is 15.4. The van der Waals surface area contributed by atoms with E-state index in [1.54, 1.807) is 0 Å². The predicted octanol–water partition coefficient (Wildman–Crippen LogP) is 8.74. The number of carbonyl (C=O) groups is 1. The Morgan fingerprint density at radius 1 is 0.750 bits per heavy atom. The molecule has 0 spiro atoms. The zero-order valence-electron chi connectivity index (χ0n) is 25.2. The minimum absolute atomic E-state index is 0.0381. The van der Waals surface area contributed by atoms with Crippen LogP contribution in [0, 0.1) is 6.92 Å². The van der Waals surface area contributed by atoms with E-state index in [1.807, 2.05) is 60.6 Å². The van der Waals surface area contributed by atoms with Crippen molar-refractivity contribution < 1.29 is 14.1 Å². The number of benzene rings is 2. The van der Waals surface area contributed by atoms with Gasteiger partial charge in [-0.2, -0.15) is 0 Å². The first-order chi connectivity index (χ1) is 19.6. The van der Waals surface area contributed by atoms with Crippen LogP contribution in [0.1, 0.15) is 111 Å². The van der Waals surface area contributed by atoms with Gasteiger partial charge in [0.15, 0.2) is 6.20 Å². The maximum atomic E-state index is 13.5. The molecule has 0 unspecified atom stereocenters. The third-order valence-electron chi connectivity index (χ3n) is 7.77. The molecular formula is C36H51N2O2+. The highest BCUT2D eigenvalue weighted by atomic mass is 16.5. The molecule has 0 radical (unpaired) electrons. The molecule has 1 aromatic heterocycles. The summed E-state index contributed by atoms with van der Waals surface area (Å²) in [5.41, 5.74) is 4.09. The number of hydrogen-bond acceptors (Lipinski definition) is 2. The van der Waals surface area contributed by atoms with Crippen LogP contribution in [0.3, 0.4) is 0 Å². The summed E-state index contributed by atoms with van der Waals surface area (Å²) >= 11 is 0. The van der Waals surface area contributed by atoms with Crippen molar-refractivity contribution in [3.05, 3.63) is 95.3 Å². The number of nitrogens with zero attached hydrogens (tertiary/aromatic N) is 2. The largest absolute Gasteiger partial charge is 0.494 e. The normalized spacial score (nSPS) is 11.0. The first kappa shape index (κ1) is 31.4. The van der Waals surface area contributed by atoms with Crippen molar-refractivity contribution in [3.8, 4) is 5.75 Å². The fourth-order valence-corrected chi connectivity index (χ4v) is 5.16. The fourth-order valence-electron chi connectivity index (χ4n) is 5.16. The highest BCUT2D eigenvalue weighted by Crippen LogP contribution is 2.21. The molecule has 0 atom stereocenters. The van der Waals surface area contributed by atoms with Gasteiger partial charge in [-0.15, -0.1) is 0 Å². The van der Waals surface area contributed by atoms with Crippen molar-refractivity contribution in [1.82, 2.24) is 4.90 Å². The third-order valence-corrected chi connectivity index (χ3v) is 7.77. The number of rotatable bonds is 19. The van der Waals surface area contributed by atoms with Gasteiger partial charge < -0.3 is 9.64 Å². The minimum atomic E-state index is 0.0381. The van der Waals surface area contributed by atoms with Crippen molar-refractivity contribution >= 4 is 5.91 Å². The molecule has 0 aliphatic heterocycles. The number of aromatic nitrogens is 1. The Hall–Kier alpha value is -3.14. The molecule has 0 bridgehead atoms. The molecule has 0 saturated carbocycles. The molecule has 0 aliphatic rings. The van der Waals surface area contributed by atoms with Crippen molar-refractivity contribution in [2.45, 2.75) is 104 Å². The summed E-state index contributed by atoms with van der Waals surface area (Å²) in [6.07, 6.45) is 18.2. The predicted molar refractivity (Wildman–Crippen MR) is 165 cm³/mol. The lowest BCUT2D eigenvalue weighted by molar-refractivity contribution is -0.680. The first-order valence-electron chi connectivity index (χ1n) is 15.6. The van der Waals surface area contributed by atoms with Crippen LogP contribution in [0.25, 0.3) is 0 Å². The van der Waals surface area contributed by atoms with Crippen molar-refractivity contribution in [3.63, 3.8) is 0 Å². The smallest absolute Gasteiger partial charge is 0.254 e. The van der Waals surface area contributed by atoms with E-state index >= 15 is 0 Å². The lowest BCUT2D eigenvalue weighted by atomic mass is 10.1. The molecule has 0 N–H and O–H groups in total. The molecule has 4 heteroatoms. The molecule has 0 aliphatic carbocycles. The highest BCUT2D eigenvalue weighted by Gasteiger charge is 2.21. The van der Waals surface area contributed by atoms with Gasteiger partial charge in [-0.1, -0.05) is 108 Å². The van der Waals surface area contributed by atoms with Crippen molar-refractivity contribution in [2.24, 2.45) is 7.05 Å². The zero-order chi connectivity index (χ0) is 28.4. The van der Waals surface area contributed by atoms with Gasteiger partial charge in [-0.25, -0.2) is 4.57 Å². The van der Waals surface area contributed by atoms with Crippen LogP contribution in [-0.4, -0.2) is 17.4 Å². The van der Waals surface area contributed by atoms with E-state index in [0.29, 0.717) is 18.7 Å². The molecule has 216 valence electrons. The van der Waals surface area contributed by atoms with E-state index in [1.165, 1.54) is 70.6 Å². The molecular weight excluding hydrogens is 492 g/mol. The fraction of sp³-hybridized carbons (Fsp3) is 0.500. The standard InChI is InChI=1S/C36H51N2O2/c1-4-5-6-7-8-9-10-11-12-13-14-20-27-40-35-25-24-33(31(2)28-35)29-38(30-34-23-18-19-26-37(34)3)36(39)32-21-16-15-17-22-32/h15-19,21-26,28H,4-14,20,27,29-30H2,1-3H3/q+1. The second-order valence-electron chi connectivity index (χ2n) is 11.2. The molecule has 2 aromatic carbocycles. The molecule has 0 fully saturated rings. The summed E-state index contributed by atoms with van der Waals surface area (Å²) in [5, 5.41) is 0. The molecule has 40 heavy (non-hydrogen) atoms. The summed E-state index contributed by atoms with van der Waals surface area (Å²) in [7, 11) is 2.02. The summed E-state index contributed by atoms with van der Waals surface area (Å²) in [5.74, 6) is 0.955. The van der Waals surface area contributed by atoms with Crippen LogP contribution < -0.4 is 9.30 Å². The van der Waals surface area contributed by atoms with Crippen LogP contribution in [0.2, 0.25) is 0 Å². The molecule has 3 aromatic rings. The minimum Gasteiger partial charge on any atom is -0.494 e. The Morgan fingerprint density at radius 2 is 1.38 bits per heavy atom. The molecule has 4 nitrogen and oxygen atoms in total. The van der Waals surface area contributed by atoms with Gasteiger partial charge in [-0.05, 0) is 48.7 Å². The number of unbranched alkanes of at least 4 members (excludes halogenated alkanes) is 11. The number of carbonyl (C=O) groups excluding carboxylic acids is 1. The van der Waals surface area contributed by atoms with E-state index < -0.39 is 0 Å². The molecule has 0 saturated heterocycles. The summed E-state index contributed by atoms with van der Waals surface area (Å²) in [6, 6.07) is 21.9. The zero-order valence-corrected chi connectivity index (χ0v) is 25.2. The Bertz CT molecular complexity index is 1130. The van der Waals surface area contributed by atoms with E-state index in [0.717, 1.165) is 35.6 Å². The average Bonchev–Trinajstić information content (AvgIpc) is 2.97. The van der Waals surface area contributed by atoms with E-state index in [4.69, 9.17) is 4.74 Å². The van der Waals surface area contributed by atoms with Gasteiger partial charge in [0.1, 0.15) is 19.3 Å². The summed E-state index contributed by atoms with van der Waals surface area (Å²) in [6.45, 7) is 6.25. The topological polar surface area (TPSA) is 33.4 Å². The Kier molecular flexibility index (Phi) is 14.3. The molecule has 1 amide bonds. The Balaban J connectivity index is 1.44. The van der Waals surface area contributed by atoms with Gasteiger partial charge >= 0.3 is 0 Å². The van der Waals surface area contributed by atoms with E-state index in [9.17, 15) is 4.79 Å². The second kappa shape index (κ2) is 18.3. The number of amides is 1. The van der Waals surface area contributed by atoms with Crippen LogP contribution in [-0.2, 0) is 20.1 Å². The Morgan fingerprint density at radius 3 is 2.00 bits per heavy atom. The molecule has 3 rings (SSSR count). The monoisotopic (exact) mass is 543 g/mol. The number of ether oxygens (including phenoxy) is 1. The first-order valence-corrected chi connectivity index (χ1v) is 15.6. The third kappa shape index (κ3) is 11.2. The van der Waals surface area contributed by atoms with Crippen molar-refractivity contribution in [1.29, 1.82) is 0 Å². The number of aryl methyl sites for hydroxylation is 2. The summed E-state index contributed by atoms with van der Waals surface area (Å²) < 4.78 is 8.16. The number of pyridine rings is 1. The quantitative estimate of drug-likeness (QED) is 0.112. The van der Waals surface area contributed by atoms with Gasteiger partial charge in [0.2, 0.25) is 5.69 Å². The van der Waals surface area contributed by atoms with Gasteiger partial charge in [0.05, 0.1) is 6.61 Å². The van der Waals surface area contributed by atoms with E-state index in [-0.39, 0.29) is 5.91 Å². The maximum absolute atomic E-state index is 13.5. The van der Waals surface area contributed by atoms with Crippen LogP contribution in [0.5, 0.6) is 5.75 Å². The van der Waals surface area contributed by atoms with Crippen molar-refractivity contribution in [2.75, 3.05) is 6.61 Å². The lowest BCUT2D eigenvalue weighted by Gasteiger charge is -2.23. The van der Waals surface area contributed by atoms with Crippen LogP contribution in [0.4, 0.5) is 0 Å². The lowest BCUT2D eigenvalue weighted by Crippen LogP contribution is -2.39. The van der Waals surface area contributed by atoms with Gasteiger partial charge in [0.25, 0.3) is 5.91 Å². The maximum Gasteiger partial charge on any atom is 0.254 e. The number of hydrogen-bond donors (Lipinski definition) is 0. The van der Waals surface area contributed by atoms with Crippen LogP contribution in [0.15, 0.2) is 72.9 Å². The highest BCUT2D eigenvalue weighted by molar-refractivity contribution is 5.94. The SMILES string of the molecule is CCCCCCCCCCCCCCOc1ccc(CN(Cc2cccc[n+]2C)C(=O)c2ccccc2)c(C)c1. The van der Waals surface area contributed by atoms with E-state index in [2.05, 4.69) is 42.7 Å². The second-order valence-corrected chi connectivity index (χ2v) is 11.2. The van der Waals surface area contributed by atoms with Gasteiger partial charge in [-0.3, -0.25) is 4.79 Å². The van der Waals surface area contributed by atoms with Gasteiger partial charge in [0, 0.05) is 24.2 Å². The Labute approximate surface area is 243 Å². The average molecular weight is 544 g/mol. The van der Waals surface area contributed by atoms with Crippen LogP contribution >= 0.6 is 0 Å².